The minimum absolute atomic E-state index is 0.0641. The van der Waals surface area contributed by atoms with Gasteiger partial charge in [-0.15, -0.1) is 11.3 Å². The highest BCUT2D eigenvalue weighted by Crippen LogP contribution is 2.35. The molecule has 0 N–H and O–H groups in total. The van der Waals surface area contributed by atoms with Gasteiger partial charge in [0.1, 0.15) is 4.21 Å². The summed E-state index contributed by atoms with van der Waals surface area (Å²) in [5.74, 6) is 0. The van der Waals surface area contributed by atoms with Crippen LogP contribution in [0.25, 0.3) is 0 Å². The van der Waals surface area contributed by atoms with Crippen LogP contribution in [-0.4, -0.2) is 25.3 Å². The van der Waals surface area contributed by atoms with E-state index < -0.39 is 10.0 Å². The van der Waals surface area contributed by atoms with E-state index in [0.29, 0.717) is 4.34 Å². The Morgan fingerprint density at radius 1 is 1.53 bits per heavy atom. The number of hydrogen-bond acceptors (Lipinski definition) is 4. The molecule has 0 spiro atoms. The zero-order chi connectivity index (χ0) is 12.5. The van der Waals surface area contributed by atoms with Crippen LogP contribution in [0.15, 0.2) is 16.3 Å². The summed E-state index contributed by atoms with van der Waals surface area (Å²) in [5, 5.41) is 8.57. The minimum Gasteiger partial charge on any atom is -0.206 e. The van der Waals surface area contributed by atoms with E-state index in [2.05, 4.69) is 0 Å². The molecule has 0 aliphatic heterocycles. The Morgan fingerprint density at radius 2 is 2.24 bits per heavy atom. The third-order valence-electron chi connectivity index (χ3n) is 2.51. The number of nitrogens with zero attached hydrogens (tertiary/aromatic N) is 2. The van der Waals surface area contributed by atoms with Crippen molar-refractivity contribution in [1.82, 2.24) is 4.31 Å². The van der Waals surface area contributed by atoms with Gasteiger partial charge in [0.15, 0.2) is 0 Å². The van der Waals surface area contributed by atoms with Crippen LogP contribution in [0.4, 0.5) is 0 Å². The molecule has 7 heteroatoms. The first kappa shape index (κ1) is 12.8. The average molecular weight is 291 g/mol. The van der Waals surface area contributed by atoms with Gasteiger partial charge in [0, 0.05) is 19.0 Å². The van der Waals surface area contributed by atoms with Crippen molar-refractivity contribution < 1.29 is 8.42 Å². The lowest BCUT2D eigenvalue weighted by molar-refractivity contribution is 0.412. The summed E-state index contributed by atoms with van der Waals surface area (Å²) < 4.78 is 26.7. The first-order chi connectivity index (χ1) is 8.05. The Balaban J connectivity index is 2.25. The van der Waals surface area contributed by atoms with Gasteiger partial charge in [-0.25, -0.2) is 8.42 Å². The summed E-state index contributed by atoms with van der Waals surface area (Å²) in [6.07, 6.45) is 1.97. The van der Waals surface area contributed by atoms with Crippen LogP contribution in [0, 0.1) is 11.3 Å². The molecule has 0 aromatic carbocycles. The molecule has 1 heterocycles. The number of rotatable bonds is 5. The Hall–Kier alpha value is -0.610. The normalized spacial score (nSPS) is 16.1. The molecule has 1 aliphatic rings. The number of hydrogen-bond donors (Lipinski definition) is 0. The molecule has 1 saturated carbocycles. The molecule has 0 unspecified atom stereocenters. The summed E-state index contributed by atoms with van der Waals surface area (Å²) in [6, 6.07) is 5.14. The molecule has 4 nitrogen and oxygen atoms in total. The van der Waals surface area contributed by atoms with Gasteiger partial charge in [0.25, 0.3) is 10.0 Å². The summed E-state index contributed by atoms with van der Waals surface area (Å²) >= 11 is 6.81. The van der Waals surface area contributed by atoms with Gasteiger partial charge < -0.3 is 0 Å². The van der Waals surface area contributed by atoms with Crippen LogP contribution in [0.1, 0.15) is 19.3 Å². The van der Waals surface area contributed by atoms with E-state index in [-0.39, 0.29) is 23.2 Å². The zero-order valence-corrected chi connectivity index (χ0v) is 11.4. The molecule has 0 saturated heterocycles. The third kappa shape index (κ3) is 2.80. The first-order valence-corrected chi connectivity index (χ1v) is 7.83. The average Bonchev–Trinajstić information content (AvgIpc) is 3.00. The summed E-state index contributed by atoms with van der Waals surface area (Å²) in [6.45, 7) is 0.263. The van der Waals surface area contributed by atoms with Crippen LogP contribution in [0.5, 0.6) is 0 Å². The Morgan fingerprint density at radius 3 is 2.71 bits per heavy atom. The highest BCUT2D eigenvalue weighted by Gasteiger charge is 2.38. The lowest BCUT2D eigenvalue weighted by Gasteiger charge is -2.19. The van der Waals surface area contributed by atoms with Crippen LogP contribution in [-0.2, 0) is 10.0 Å². The molecule has 92 valence electrons. The molecule has 1 aromatic heterocycles. The van der Waals surface area contributed by atoms with E-state index in [1.807, 2.05) is 6.07 Å². The predicted octanol–water partition coefficient (Wildman–Crippen LogP) is 2.47. The van der Waals surface area contributed by atoms with Crippen molar-refractivity contribution in [3.63, 3.8) is 0 Å². The molecular formula is C10H11ClN2O2S2. The highest BCUT2D eigenvalue weighted by molar-refractivity contribution is 7.91. The van der Waals surface area contributed by atoms with Crippen LogP contribution in [0.3, 0.4) is 0 Å². The van der Waals surface area contributed by atoms with E-state index in [1.165, 1.54) is 10.4 Å². The molecule has 1 fully saturated rings. The lowest BCUT2D eigenvalue weighted by Crippen LogP contribution is -2.33. The van der Waals surface area contributed by atoms with Crippen molar-refractivity contribution in [3.8, 4) is 6.07 Å². The number of sulfonamides is 1. The van der Waals surface area contributed by atoms with E-state index in [9.17, 15) is 8.42 Å². The van der Waals surface area contributed by atoms with Crippen LogP contribution >= 0.6 is 22.9 Å². The predicted molar refractivity (Wildman–Crippen MR) is 66.5 cm³/mol. The van der Waals surface area contributed by atoms with E-state index in [1.54, 1.807) is 6.07 Å². The smallest absolute Gasteiger partial charge is 0.206 e. The van der Waals surface area contributed by atoms with Gasteiger partial charge in [0.05, 0.1) is 10.4 Å². The molecule has 17 heavy (non-hydrogen) atoms. The molecule has 1 aliphatic carbocycles. The Labute approximate surface area is 109 Å². The maximum absolute atomic E-state index is 12.3. The maximum Gasteiger partial charge on any atom is 0.252 e. The van der Waals surface area contributed by atoms with Gasteiger partial charge in [0.2, 0.25) is 0 Å². The quantitative estimate of drug-likeness (QED) is 0.837. The Kier molecular flexibility index (Phi) is 3.73. The fourth-order valence-electron chi connectivity index (χ4n) is 1.57. The molecule has 0 bridgehead atoms. The highest BCUT2D eigenvalue weighted by atomic mass is 35.5. The van der Waals surface area contributed by atoms with Crippen molar-refractivity contribution >= 4 is 33.0 Å². The SMILES string of the molecule is N#CCCN(C1CC1)S(=O)(=O)c1ccc(Cl)s1. The van der Waals surface area contributed by atoms with Crippen molar-refractivity contribution in [2.45, 2.75) is 29.5 Å². The summed E-state index contributed by atoms with van der Waals surface area (Å²) in [5.41, 5.74) is 0. The van der Waals surface area contributed by atoms with Gasteiger partial charge in [-0.05, 0) is 25.0 Å². The van der Waals surface area contributed by atoms with E-state index >= 15 is 0 Å². The molecule has 0 radical (unpaired) electrons. The van der Waals surface area contributed by atoms with Gasteiger partial charge in [-0.3, -0.25) is 0 Å². The summed E-state index contributed by atoms with van der Waals surface area (Å²) in [7, 11) is -3.47. The van der Waals surface area contributed by atoms with Crippen molar-refractivity contribution in [2.75, 3.05) is 6.54 Å². The maximum atomic E-state index is 12.3. The minimum atomic E-state index is -3.47. The second kappa shape index (κ2) is 4.94. The molecule has 2 rings (SSSR count). The summed E-state index contributed by atoms with van der Waals surface area (Å²) in [4.78, 5) is 0. The zero-order valence-electron chi connectivity index (χ0n) is 8.97. The fraction of sp³-hybridized carbons (Fsp3) is 0.500. The van der Waals surface area contributed by atoms with Gasteiger partial charge >= 0.3 is 0 Å². The number of thiophene rings is 1. The number of nitriles is 1. The van der Waals surface area contributed by atoms with Crippen molar-refractivity contribution in [1.29, 1.82) is 5.26 Å². The van der Waals surface area contributed by atoms with Crippen molar-refractivity contribution in [3.05, 3.63) is 16.5 Å². The van der Waals surface area contributed by atoms with Gasteiger partial charge in [-0.2, -0.15) is 9.57 Å². The van der Waals surface area contributed by atoms with Crippen LogP contribution in [0.2, 0.25) is 4.34 Å². The third-order valence-corrected chi connectivity index (χ3v) is 6.16. The van der Waals surface area contributed by atoms with E-state index in [4.69, 9.17) is 16.9 Å². The topological polar surface area (TPSA) is 61.2 Å². The Bertz CT molecular complexity index is 543. The monoisotopic (exact) mass is 290 g/mol. The first-order valence-electron chi connectivity index (χ1n) is 5.20. The lowest BCUT2D eigenvalue weighted by atomic mass is 10.4. The second-order valence-electron chi connectivity index (χ2n) is 3.81. The van der Waals surface area contributed by atoms with Gasteiger partial charge in [-0.1, -0.05) is 11.6 Å². The van der Waals surface area contributed by atoms with Crippen molar-refractivity contribution in [2.24, 2.45) is 0 Å². The molecular weight excluding hydrogens is 280 g/mol. The second-order valence-corrected chi connectivity index (χ2v) is 7.65. The fourth-order valence-corrected chi connectivity index (χ4v) is 4.87. The van der Waals surface area contributed by atoms with Crippen LogP contribution < -0.4 is 0 Å². The van der Waals surface area contributed by atoms with E-state index in [0.717, 1.165) is 24.2 Å². The number of halogens is 1. The largest absolute Gasteiger partial charge is 0.252 e. The molecule has 1 aromatic rings. The molecule has 0 atom stereocenters. The standard InChI is InChI=1S/C10H11ClN2O2S2/c11-9-4-5-10(16-9)17(14,15)13(7-1-6-12)8-2-3-8/h4-5,8H,1-3,7H2. The molecule has 0 amide bonds.